The Morgan fingerprint density at radius 3 is 2.91 bits per heavy atom. The Labute approximate surface area is 134 Å². The van der Waals surface area contributed by atoms with Crippen LogP contribution in [0.4, 0.5) is 0 Å². The zero-order valence-corrected chi connectivity index (χ0v) is 13.9. The fourth-order valence-electron chi connectivity index (χ4n) is 4.96. The van der Waals surface area contributed by atoms with Crippen LogP contribution in [0, 0.1) is 11.8 Å². The lowest BCUT2D eigenvalue weighted by atomic mass is 9.59. The molecule has 0 aromatic heterocycles. The molecule has 0 unspecified atom stereocenters. The number of hydrogen-bond donors (Lipinski definition) is 0. The number of methoxy groups -OCH3 is 1. The predicted octanol–water partition coefficient (Wildman–Crippen LogP) is 4.24. The molecule has 120 valence electrons. The molecule has 3 aliphatic rings. The summed E-state index contributed by atoms with van der Waals surface area (Å²) in [5.41, 5.74) is 1.97. The summed E-state index contributed by atoms with van der Waals surface area (Å²) in [6.07, 6.45) is 9.91. The molecule has 1 saturated heterocycles. The molecule has 4 rings (SSSR count). The molecule has 22 heavy (non-hydrogen) atoms. The first kappa shape index (κ1) is 14.6. The summed E-state index contributed by atoms with van der Waals surface area (Å²) in [7, 11) is 1.79. The van der Waals surface area contributed by atoms with Gasteiger partial charge >= 0.3 is 0 Å². The van der Waals surface area contributed by atoms with E-state index < -0.39 is 0 Å². The molecule has 2 aliphatic carbocycles. The van der Waals surface area contributed by atoms with Crippen LogP contribution in [0.1, 0.15) is 50.5 Å². The van der Waals surface area contributed by atoms with Gasteiger partial charge in [-0.15, -0.1) is 0 Å². The molecule has 0 amide bonds. The van der Waals surface area contributed by atoms with E-state index in [-0.39, 0.29) is 0 Å². The summed E-state index contributed by atoms with van der Waals surface area (Å²) in [5.74, 6) is 2.89. The summed E-state index contributed by atoms with van der Waals surface area (Å²) in [6, 6.07) is 8.94. The maximum Gasteiger partial charge on any atom is 0.119 e. The van der Waals surface area contributed by atoms with Crippen molar-refractivity contribution in [2.45, 2.75) is 50.4 Å². The van der Waals surface area contributed by atoms with Crippen molar-refractivity contribution in [3.05, 3.63) is 29.8 Å². The molecule has 0 radical (unpaired) electrons. The second-order valence-electron chi connectivity index (χ2n) is 7.78. The number of likely N-dealkylation sites (tertiary alicyclic amines) is 1. The second-order valence-corrected chi connectivity index (χ2v) is 7.78. The first-order valence-electron chi connectivity index (χ1n) is 9.17. The number of benzene rings is 1. The minimum absolute atomic E-state index is 0.423. The Morgan fingerprint density at radius 1 is 1.18 bits per heavy atom. The highest BCUT2D eigenvalue weighted by molar-refractivity contribution is 5.35. The number of nitrogens with zero attached hydrogens (tertiary/aromatic N) is 1. The van der Waals surface area contributed by atoms with Gasteiger partial charge in [0, 0.05) is 18.5 Å². The third-order valence-electron chi connectivity index (χ3n) is 6.42. The zero-order valence-electron chi connectivity index (χ0n) is 13.9. The molecule has 2 heteroatoms. The highest BCUT2D eigenvalue weighted by Crippen LogP contribution is 2.50. The third kappa shape index (κ3) is 2.67. The molecular weight excluding hydrogens is 270 g/mol. The van der Waals surface area contributed by atoms with E-state index in [0.717, 1.165) is 17.6 Å². The van der Waals surface area contributed by atoms with Crippen LogP contribution in [-0.2, 0) is 5.41 Å². The van der Waals surface area contributed by atoms with E-state index in [1.807, 2.05) is 0 Å². The fraction of sp³-hybridized carbons (Fsp3) is 0.700. The second kappa shape index (κ2) is 5.88. The van der Waals surface area contributed by atoms with Crippen molar-refractivity contribution in [3.63, 3.8) is 0 Å². The van der Waals surface area contributed by atoms with Crippen molar-refractivity contribution in [1.29, 1.82) is 0 Å². The molecular formula is C20H29NO. The minimum atomic E-state index is 0.423. The Bertz CT molecular complexity index is 524. The Kier molecular flexibility index (Phi) is 3.89. The predicted molar refractivity (Wildman–Crippen MR) is 90.4 cm³/mol. The number of piperidine rings is 1. The van der Waals surface area contributed by atoms with Crippen molar-refractivity contribution < 1.29 is 4.74 Å². The average molecular weight is 299 g/mol. The van der Waals surface area contributed by atoms with Crippen molar-refractivity contribution in [2.24, 2.45) is 11.8 Å². The molecule has 3 fully saturated rings. The van der Waals surface area contributed by atoms with Crippen LogP contribution >= 0.6 is 0 Å². The summed E-state index contributed by atoms with van der Waals surface area (Å²) in [6.45, 7) is 3.99. The standard InChI is InChI=1S/C20H29NO/c1-22-19-7-4-6-17(13-19)20-10-3-2-5-18(20)15-21(12-11-20)14-16-8-9-16/h4,6-7,13,16,18H,2-3,5,8-12,14-15H2,1H3/t18-,20+/m0/s1. The number of hydrogen-bond acceptors (Lipinski definition) is 2. The van der Waals surface area contributed by atoms with Crippen molar-refractivity contribution in [1.82, 2.24) is 4.90 Å². The van der Waals surface area contributed by atoms with E-state index >= 15 is 0 Å². The summed E-state index contributed by atoms with van der Waals surface area (Å²) >= 11 is 0. The summed E-state index contributed by atoms with van der Waals surface area (Å²) < 4.78 is 5.49. The van der Waals surface area contributed by atoms with Gasteiger partial charge in [0.2, 0.25) is 0 Å². The topological polar surface area (TPSA) is 12.5 Å². The van der Waals surface area contributed by atoms with Crippen molar-refractivity contribution in [2.75, 3.05) is 26.7 Å². The van der Waals surface area contributed by atoms with Gasteiger partial charge < -0.3 is 9.64 Å². The Balaban J connectivity index is 1.59. The average Bonchev–Trinajstić information content (AvgIpc) is 3.39. The SMILES string of the molecule is COc1cccc([C@]23CCCC[C@H]2CN(CC2CC2)CC3)c1. The molecule has 0 N–H and O–H groups in total. The Hall–Kier alpha value is -1.02. The van der Waals surface area contributed by atoms with E-state index in [2.05, 4.69) is 29.2 Å². The lowest BCUT2D eigenvalue weighted by Gasteiger charge is -2.51. The van der Waals surface area contributed by atoms with Crippen molar-refractivity contribution in [3.8, 4) is 5.75 Å². The van der Waals surface area contributed by atoms with Gasteiger partial charge in [0.25, 0.3) is 0 Å². The quantitative estimate of drug-likeness (QED) is 0.824. The van der Waals surface area contributed by atoms with E-state index in [1.165, 1.54) is 64.6 Å². The van der Waals surface area contributed by atoms with Crippen LogP contribution in [0.2, 0.25) is 0 Å². The maximum atomic E-state index is 5.49. The maximum absolute atomic E-state index is 5.49. The molecule has 2 atom stereocenters. The molecule has 1 aromatic rings. The van der Waals surface area contributed by atoms with Gasteiger partial charge in [-0.1, -0.05) is 25.0 Å². The van der Waals surface area contributed by atoms with E-state index in [9.17, 15) is 0 Å². The van der Waals surface area contributed by atoms with Gasteiger partial charge in [-0.25, -0.2) is 0 Å². The highest BCUT2D eigenvalue weighted by atomic mass is 16.5. The fourth-order valence-corrected chi connectivity index (χ4v) is 4.96. The lowest BCUT2D eigenvalue weighted by molar-refractivity contribution is 0.0537. The smallest absolute Gasteiger partial charge is 0.119 e. The number of rotatable bonds is 4. The minimum Gasteiger partial charge on any atom is -0.497 e. The molecule has 1 heterocycles. The van der Waals surface area contributed by atoms with Crippen LogP contribution in [0.3, 0.4) is 0 Å². The van der Waals surface area contributed by atoms with Gasteiger partial charge in [-0.05, 0) is 68.2 Å². The largest absolute Gasteiger partial charge is 0.497 e. The normalized spacial score (nSPS) is 32.5. The van der Waals surface area contributed by atoms with Gasteiger partial charge in [0.05, 0.1) is 7.11 Å². The van der Waals surface area contributed by atoms with Crippen molar-refractivity contribution >= 4 is 0 Å². The van der Waals surface area contributed by atoms with Crippen LogP contribution in [0.25, 0.3) is 0 Å². The molecule has 2 saturated carbocycles. The van der Waals surface area contributed by atoms with E-state index in [4.69, 9.17) is 4.74 Å². The van der Waals surface area contributed by atoms with Crippen LogP contribution in [-0.4, -0.2) is 31.6 Å². The first-order chi connectivity index (χ1) is 10.8. The van der Waals surface area contributed by atoms with Gasteiger partial charge in [0.15, 0.2) is 0 Å². The summed E-state index contributed by atoms with van der Waals surface area (Å²) in [4.78, 5) is 2.77. The van der Waals surface area contributed by atoms with Gasteiger partial charge in [-0.2, -0.15) is 0 Å². The van der Waals surface area contributed by atoms with Crippen LogP contribution < -0.4 is 4.74 Å². The lowest BCUT2D eigenvalue weighted by Crippen LogP contribution is -2.51. The Morgan fingerprint density at radius 2 is 2.09 bits per heavy atom. The van der Waals surface area contributed by atoms with E-state index in [0.29, 0.717) is 5.41 Å². The molecule has 0 spiro atoms. The highest BCUT2D eigenvalue weighted by Gasteiger charge is 2.45. The number of fused-ring (bicyclic) bond motifs is 1. The van der Waals surface area contributed by atoms with Gasteiger partial charge in [0.1, 0.15) is 5.75 Å². The number of ether oxygens (including phenoxy) is 1. The molecule has 0 bridgehead atoms. The van der Waals surface area contributed by atoms with Gasteiger partial charge in [-0.3, -0.25) is 0 Å². The third-order valence-corrected chi connectivity index (χ3v) is 6.42. The summed E-state index contributed by atoms with van der Waals surface area (Å²) in [5, 5.41) is 0. The molecule has 1 aromatic carbocycles. The molecule has 1 aliphatic heterocycles. The monoisotopic (exact) mass is 299 g/mol. The van der Waals surface area contributed by atoms with Crippen LogP contribution in [0.5, 0.6) is 5.75 Å². The molecule has 2 nitrogen and oxygen atoms in total. The first-order valence-corrected chi connectivity index (χ1v) is 9.17. The van der Waals surface area contributed by atoms with Crippen LogP contribution in [0.15, 0.2) is 24.3 Å². The zero-order chi connectivity index (χ0) is 15.0. The van der Waals surface area contributed by atoms with E-state index in [1.54, 1.807) is 12.7 Å².